The van der Waals surface area contributed by atoms with E-state index in [1.165, 1.54) is 24.5 Å². The number of pyridine rings is 2. The number of aromatic nitrogens is 2. The van der Waals surface area contributed by atoms with Gasteiger partial charge in [-0.1, -0.05) is 12.1 Å². The van der Waals surface area contributed by atoms with Gasteiger partial charge in [-0.05, 0) is 46.5 Å². The number of rotatable bonds is 0. The van der Waals surface area contributed by atoms with Crippen LogP contribution < -0.4 is 0 Å². The van der Waals surface area contributed by atoms with Crippen molar-refractivity contribution < 1.29 is 26.3 Å². The Morgan fingerprint density at radius 1 is 0.524 bits per heavy atom. The summed E-state index contributed by atoms with van der Waals surface area (Å²) < 4.78 is 81.6. The van der Waals surface area contributed by atoms with E-state index in [-0.39, 0.29) is 66.7 Å². The molecule has 0 aliphatic heterocycles. The minimum atomic E-state index is -4.71. The summed E-state index contributed by atoms with van der Waals surface area (Å²) in [5.41, 5.74) is -1.39. The van der Waals surface area contributed by atoms with Gasteiger partial charge < -0.3 is 0 Å². The third-order valence-corrected chi connectivity index (χ3v) is 7.14. The van der Waals surface area contributed by atoms with Gasteiger partial charge in [0.15, 0.2) is 0 Å². The first kappa shape index (κ1) is 26.3. The van der Waals surface area contributed by atoms with Crippen LogP contribution in [0.2, 0.25) is 0 Å². The molecule has 2 aromatic heterocycles. The van der Waals surface area contributed by atoms with Crippen LogP contribution >= 0.6 is 0 Å². The second-order valence-electron chi connectivity index (χ2n) is 9.25. The van der Waals surface area contributed by atoms with E-state index in [0.29, 0.717) is 0 Å². The van der Waals surface area contributed by atoms with Crippen molar-refractivity contribution in [3.63, 3.8) is 0 Å². The normalized spacial score (nSPS) is 12.8. The molecule has 0 spiro atoms. The van der Waals surface area contributed by atoms with Crippen molar-refractivity contribution in [1.29, 1.82) is 21.0 Å². The van der Waals surface area contributed by atoms with Gasteiger partial charge in [0, 0.05) is 45.8 Å². The number of alkyl halides is 6. The molecular weight excluding hydrogens is 558 g/mol. The lowest BCUT2D eigenvalue weighted by Gasteiger charge is -2.11. The molecule has 0 saturated heterocycles. The molecule has 6 nitrogen and oxygen atoms in total. The highest BCUT2D eigenvalue weighted by atomic mass is 19.4. The predicted octanol–water partition coefficient (Wildman–Crippen LogP) is 7.33. The molecule has 2 aromatic carbocycles. The Bertz CT molecular complexity index is 1970. The number of hydrogen-bond acceptors (Lipinski definition) is 6. The Morgan fingerprint density at radius 3 is 1.19 bits per heavy atom. The molecule has 2 heterocycles. The quantitative estimate of drug-likeness (QED) is 0.140. The molecule has 0 unspecified atom stereocenters. The highest BCUT2D eigenvalue weighted by molar-refractivity contribution is 6.17. The van der Waals surface area contributed by atoms with Crippen LogP contribution in [0.15, 0.2) is 59.9 Å². The average molecular weight is 566 g/mol. The maximum Gasteiger partial charge on any atom is 0.416 e. The van der Waals surface area contributed by atoms with Crippen LogP contribution in [0.5, 0.6) is 0 Å². The maximum atomic E-state index is 13.6. The first-order chi connectivity index (χ1) is 19.9. The first-order valence-corrected chi connectivity index (χ1v) is 11.8. The number of halogens is 6. The molecule has 0 fully saturated rings. The number of hydrogen-bond donors (Lipinski definition) is 0. The summed E-state index contributed by atoms with van der Waals surface area (Å²) in [4.78, 5) is 8.89. The third kappa shape index (κ3) is 3.56. The Morgan fingerprint density at radius 2 is 0.881 bits per heavy atom. The van der Waals surface area contributed by atoms with Crippen LogP contribution in [0.25, 0.3) is 44.4 Å². The average Bonchev–Trinajstić information content (AvgIpc) is 3.46. The van der Waals surface area contributed by atoms with Crippen molar-refractivity contribution in [2.75, 3.05) is 0 Å². The molecule has 200 valence electrons. The van der Waals surface area contributed by atoms with E-state index >= 15 is 0 Å². The zero-order valence-electron chi connectivity index (χ0n) is 20.6. The lowest BCUT2D eigenvalue weighted by atomic mass is 9.98. The van der Waals surface area contributed by atoms with Crippen LogP contribution in [-0.2, 0) is 12.4 Å². The van der Waals surface area contributed by atoms with Crippen LogP contribution in [0.3, 0.4) is 0 Å². The second kappa shape index (κ2) is 8.76. The number of allylic oxidation sites excluding steroid dienone is 2. The van der Waals surface area contributed by atoms with Crippen LogP contribution in [0.1, 0.15) is 33.4 Å². The zero-order valence-corrected chi connectivity index (χ0v) is 20.6. The highest BCUT2D eigenvalue weighted by Crippen LogP contribution is 2.53. The molecule has 6 rings (SSSR count). The summed E-state index contributed by atoms with van der Waals surface area (Å²) >= 11 is 0. The number of nitrogens with zero attached hydrogens (tertiary/aromatic N) is 6. The van der Waals surface area contributed by atoms with E-state index in [1.54, 1.807) is 24.3 Å². The fraction of sp³-hybridized carbons (Fsp3) is 0.0667. The van der Waals surface area contributed by atoms with Crippen molar-refractivity contribution in [2.45, 2.75) is 12.4 Å². The van der Waals surface area contributed by atoms with Crippen molar-refractivity contribution in [3.05, 3.63) is 93.3 Å². The summed E-state index contributed by atoms with van der Waals surface area (Å²) in [6, 6.07) is 12.6. The van der Waals surface area contributed by atoms with Crippen LogP contribution in [0.4, 0.5) is 26.3 Å². The Labute approximate surface area is 231 Å². The number of fused-ring (bicyclic) bond motifs is 9. The molecule has 0 N–H and O–H groups in total. The van der Waals surface area contributed by atoms with Crippen LogP contribution in [0, 0.1) is 45.3 Å². The van der Waals surface area contributed by atoms with E-state index < -0.39 is 34.6 Å². The molecule has 0 amide bonds. The van der Waals surface area contributed by atoms with Gasteiger partial charge in [-0.25, -0.2) is 0 Å². The monoisotopic (exact) mass is 566 g/mol. The van der Waals surface area contributed by atoms with Gasteiger partial charge in [-0.2, -0.15) is 47.4 Å². The molecule has 42 heavy (non-hydrogen) atoms. The summed E-state index contributed by atoms with van der Waals surface area (Å²) in [6.07, 6.45) is -6.90. The minimum absolute atomic E-state index is 0.0263. The van der Waals surface area contributed by atoms with Crippen molar-refractivity contribution in [1.82, 2.24) is 9.97 Å². The van der Waals surface area contributed by atoms with Gasteiger partial charge in [0.2, 0.25) is 0 Å². The fourth-order valence-electron chi connectivity index (χ4n) is 5.45. The van der Waals surface area contributed by atoms with E-state index in [0.717, 1.165) is 24.3 Å². The largest absolute Gasteiger partial charge is 0.416 e. The molecule has 0 bridgehead atoms. The van der Waals surface area contributed by atoms with Crippen molar-refractivity contribution in [2.24, 2.45) is 0 Å². The number of nitriles is 4. The van der Waals surface area contributed by atoms with Crippen LogP contribution in [-0.4, -0.2) is 9.97 Å². The van der Waals surface area contributed by atoms with Crippen molar-refractivity contribution in [3.8, 4) is 46.5 Å². The lowest BCUT2D eigenvalue weighted by Crippen LogP contribution is -2.05. The first-order valence-electron chi connectivity index (χ1n) is 11.8. The van der Waals surface area contributed by atoms with E-state index in [2.05, 4.69) is 9.97 Å². The van der Waals surface area contributed by atoms with E-state index in [4.69, 9.17) is 0 Å². The topological polar surface area (TPSA) is 121 Å². The SMILES string of the molecule is N#CC(C#N)=C1c2cc(C(F)(F)F)ccc2-c2c1cnc1c3c(cnc21)C(=C(C#N)C#N)c1cc(C(F)(F)F)ccc1-3. The van der Waals surface area contributed by atoms with Gasteiger partial charge in [-0.15, -0.1) is 0 Å². The standard InChI is InChI=1S/C30H8F6N6/c31-29(32,33)15-1-3-17-19(5-15)23(13(7-37)8-38)21-11-42-28-26-18-4-2-16(30(34,35)36)6-20(18)24(14(9-39)10-40)22(26)12-41-27(28)25(17)21/h1-6,11-12H. The molecule has 0 atom stereocenters. The summed E-state index contributed by atoms with van der Waals surface area (Å²) in [6.45, 7) is 0. The van der Waals surface area contributed by atoms with Gasteiger partial charge in [0.05, 0.1) is 22.2 Å². The lowest BCUT2D eigenvalue weighted by molar-refractivity contribution is -0.138. The summed E-state index contributed by atoms with van der Waals surface area (Å²) in [5.74, 6) is 0. The predicted molar refractivity (Wildman–Crippen MR) is 135 cm³/mol. The molecule has 2 aliphatic carbocycles. The fourth-order valence-corrected chi connectivity index (χ4v) is 5.45. The Kier molecular flexibility index (Phi) is 5.48. The van der Waals surface area contributed by atoms with Gasteiger partial charge >= 0.3 is 12.4 Å². The highest BCUT2D eigenvalue weighted by Gasteiger charge is 2.38. The Balaban J connectivity index is 1.74. The zero-order chi connectivity index (χ0) is 30.1. The van der Waals surface area contributed by atoms with Gasteiger partial charge in [0.25, 0.3) is 0 Å². The summed E-state index contributed by atoms with van der Waals surface area (Å²) in [7, 11) is 0. The van der Waals surface area contributed by atoms with Crippen molar-refractivity contribution >= 4 is 22.2 Å². The van der Waals surface area contributed by atoms with Gasteiger partial charge in [-0.3, -0.25) is 9.97 Å². The molecule has 4 aromatic rings. The Hall–Kier alpha value is -5.98. The maximum absolute atomic E-state index is 13.6. The second-order valence-corrected chi connectivity index (χ2v) is 9.25. The molecule has 2 aliphatic rings. The summed E-state index contributed by atoms with van der Waals surface area (Å²) in [5, 5.41) is 38.4. The minimum Gasteiger partial charge on any atom is -0.253 e. The van der Waals surface area contributed by atoms with E-state index in [1.807, 2.05) is 0 Å². The smallest absolute Gasteiger partial charge is 0.253 e. The molecule has 12 heteroatoms. The third-order valence-electron chi connectivity index (χ3n) is 7.14. The number of benzene rings is 2. The molecule has 0 saturated carbocycles. The molecular formula is C30H8F6N6. The van der Waals surface area contributed by atoms with E-state index in [9.17, 15) is 47.4 Å². The van der Waals surface area contributed by atoms with Gasteiger partial charge in [0.1, 0.15) is 35.4 Å². The molecule has 0 radical (unpaired) electrons.